The second-order valence-electron chi connectivity index (χ2n) is 3.73. The van der Waals surface area contributed by atoms with Gasteiger partial charge in [-0.25, -0.2) is 0 Å². The maximum Gasteiger partial charge on any atom is 0.372 e. The van der Waals surface area contributed by atoms with Crippen LogP contribution in [-0.4, -0.2) is 20.9 Å². The van der Waals surface area contributed by atoms with Gasteiger partial charge in [0.25, 0.3) is 4.96 Å². The van der Waals surface area contributed by atoms with Gasteiger partial charge in [-0.15, -0.1) is 0 Å². The summed E-state index contributed by atoms with van der Waals surface area (Å²) in [5.74, 6) is 0.399. The van der Waals surface area contributed by atoms with E-state index in [1.165, 1.54) is 15.7 Å². The third-order valence-corrected chi connectivity index (χ3v) is 3.24. The van der Waals surface area contributed by atoms with Gasteiger partial charge in [0.15, 0.2) is 0 Å². The van der Waals surface area contributed by atoms with E-state index in [0.29, 0.717) is 10.8 Å². The fraction of sp³-hybridized carbons (Fsp3) is 0.500. The van der Waals surface area contributed by atoms with Crippen molar-refractivity contribution in [2.45, 2.75) is 26.2 Å². The largest absolute Gasteiger partial charge is 0.372 e. The monoisotopic (exact) mass is 254 g/mol. The third-order valence-electron chi connectivity index (χ3n) is 2.48. The van der Waals surface area contributed by atoms with Crippen molar-refractivity contribution in [2.75, 3.05) is 11.9 Å². The molecule has 0 aliphatic carbocycles. The van der Waals surface area contributed by atoms with Crippen LogP contribution in [0.25, 0.3) is 4.96 Å². The minimum Gasteiger partial charge on any atom is -0.363 e. The van der Waals surface area contributed by atoms with Crippen LogP contribution in [0.2, 0.25) is 0 Å². The van der Waals surface area contributed by atoms with E-state index in [-0.39, 0.29) is 5.82 Å². The molecule has 0 unspecified atom stereocenters. The number of nitrogens with one attached hydrogen (secondary N) is 1. The van der Waals surface area contributed by atoms with Crippen molar-refractivity contribution in [1.82, 2.24) is 9.38 Å². The SMILES string of the molecule is CCCCCNc1nc2sccn2c1[N+](=O)[O-]. The summed E-state index contributed by atoms with van der Waals surface area (Å²) in [6, 6.07) is 0. The first kappa shape index (κ1) is 11.8. The number of aromatic nitrogens is 2. The van der Waals surface area contributed by atoms with E-state index in [2.05, 4.69) is 17.2 Å². The fourth-order valence-electron chi connectivity index (χ4n) is 1.65. The molecule has 7 heteroatoms. The Morgan fingerprint density at radius 1 is 1.59 bits per heavy atom. The number of nitro groups is 1. The Hall–Kier alpha value is -1.63. The van der Waals surface area contributed by atoms with Crippen LogP contribution < -0.4 is 5.32 Å². The molecule has 2 heterocycles. The molecule has 1 N–H and O–H groups in total. The topological polar surface area (TPSA) is 72.5 Å². The Bertz CT molecular complexity index is 519. The summed E-state index contributed by atoms with van der Waals surface area (Å²) < 4.78 is 1.51. The average molecular weight is 254 g/mol. The van der Waals surface area contributed by atoms with Crippen LogP contribution >= 0.6 is 11.3 Å². The van der Waals surface area contributed by atoms with Crippen LogP contribution in [0.1, 0.15) is 26.2 Å². The Morgan fingerprint density at radius 3 is 3.12 bits per heavy atom. The van der Waals surface area contributed by atoms with E-state index in [9.17, 15) is 10.1 Å². The quantitative estimate of drug-likeness (QED) is 0.488. The molecule has 2 rings (SSSR count). The van der Waals surface area contributed by atoms with Gasteiger partial charge in [0, 0.05) is 11.9 Å². The second kappa shape index (κ2) is 5.13. The van der Waals surface area contributed by atoms with Gasteiger partial charge in [-0.05, 0) is 11.3 Å². The Kier molecular flexibility index (Phi) is 3.58. The van der Waals surface area contributed by atoms with Crippen molar-refractivity contribution in [2.24, 2.45) is 0 Å². The molecule has 0 saturated heterocycles. The lowest BCUT2D eigenvalue weighted by Gasteiger charge is -2.02. The van der Waals surface area contributed by atoms with Gasteiger partial charge in [-0.1, -0.05) is 31.1 Å². The van der Waals surface area contributed by atoms with Gasteiger partial charge in [0.2, 0.25) is 5.82 Å². The van der Waals surface area contributed by atoms with Crippen molar-refractivity contribution < 1.29 is 4.92 Å². The molecule has 0 aromatic carbocycles. The van der Waals surface area contributed by atoms with E-state index < -0.39 is 4.92 Å². The summed E-state index contributed by atoms with van der Waals surface area (Å²) in [5, 5.41) is 15.8. The van der Waals surface area contributed by atoms with Crippen LogP contribution in [-0.2, 0) is 0 Å². The van der Waals surface area contributed by atoms with Crippen molar-refractivity contribution in [3.8, 4) is 0 Å². The van der Waals surface area contributed by atoms with Gasteiger partial charge in [0.1, 0.15) is 6.20 Å². The van der Waals surface area contributed by atoms with Crippen molar-refractivity contribution in [1.29, 1.82) is 0 Å². The van der Waals surface area contributed by atoms with Crippen molar-refractivity contribution >= 4 is 27.9 Å². The lowest BCUT2D eigenvalue weighted by atomic mass is 10.2. The molecule has 17 heavy (non-hydrogen) atoms. The summed E-state index contributed by atoms with van der Waals surface area (Å²) in [6.45, 7) is 2.84. The Balaban J connectivity index is 2.17. The van der Waals surface area contributed by atoms with Crippen LogP contribution in [0, 0.1) is 10.1 Å². The molecule has 0 fully saturated rings. The predicted octanol–water partition coefficient (Wildman–Crippen LogP) is 2.91. The van der Waals surface area contributed by atoms with Crippen LogP contribution in [0.5, 0.6) is 0 Å². The molecular weight excluding hydrogens is 240 g/mol. The molecule has 0 spiro atoms. The first-order valence-corrected chi connectivity index (χ1v) is 6.45. The molecule has 0 radical (unpaired) electrons. The maximum atomic E-state index is 11.0. The first-order valence-electron chi connectivity index (χ1n) is 5.58. The smallest absolute Gasteiger partial charge is 0.363 e. The highest BCUT2D eigenvalue weighted by Crippen LogP contribution is 2.27. The highest BCUT2D eigenvalue weighted by molar-refractivity contribution is 7.15. The minimum atomic E-state index is -0.394. The molecule has 0 aliphatic rings. The number of rotatable bonds is 6. The van der Waals surface area contributed by atoms with E-state index >= 15 is 0 Å². The summed E-state index contributed by atoms with van der Waals surface area (Å²) in [5.41, 5.74) is 0. The van der Waals surface area contributed by atoms with Crippen molar-refractivity contribution in [3.63, 3.8) is 0 Å². The molecule has 0 saturated carbocycles. The molecule has 0 bridgehead atoms. The Morgan fingerprint density at radius 2 is 2.41 bits per heavy atom. The standard InChI is InChI=1S/C10H14N4O2S/c1-2-3-4-5-11-8-9(14(15)16)13-6-7-17-10(13)12-8/h6-7,11H,2-5H2,1H3. The van der Waals surface area contributed by atoms with E-state index in [0.717, 1.165) is 25.8 Å². The molecule has 6 nitrogen and oxygen atoms in total. The predicted molar refractivity (Wildman–Crippen MR) is 67.7 cm³/mol. The average Bonchev–Trinajstić information content (AvgIpc) is 2.83. The van der Waals surface area contributed by atoms with Crippen molar-refractivity contribution in [3.05, 3.63) is 21.7 Å². The number of hydrogen-bond acceptors (Lipinski definition) is 5. The third kappa shape index (κ3) is 2.38. The highest BCUT2D eigenvalue weighted by atomic mass is 32.1. The number of nitrogens with zero attached hydrogens (tertiary/aromatic N) is 3. The summed E-state index contributed by atoms with van der Waals surface area (Å²) in [4.78, 5) is 15.5. The molecule has 0 aliphatic heterocycles. The number of anilines is 1. The zero-order chi connectivity index (χ0) is 12.3. The number of hydrogen-bond donors (Lipinski definition) is 1. The van der Waals surface area contributed by atoms with Gasteiger partial charge in [-0.2, -0.15) is 9.38 Å². The minimum absolute atomic E-state index is 0.0257. The maximum absolute atomic E-state index is 11.0. The number of unbranched alkanes of at least 4 members (excludes halogenated alkanes) is 2. The summed E-state index contributed by atoms with van der Waals surface area (Å²) in [6.07, 6.45) is 4.91. The molecule has 0 atom stereocenters. The molecule has 0 amide bonds. The van der Waals surface area contributed by atoms with Gasteiger partial charge in [-0.3, -0.25) is 0 Å². The number of imidazole rings is 1. The lowest BCUT2D eigenvalue weighted by molar-refractivity contribution is -0.389. The van der Waals surface area contributed by atoms with Crippen LogP contribution in [0.3, 0.4) is 0 Å². The van der Waals surface area contributed by atoms with E-state index in [1.54, 1.807) is 11.6 Å². The zero-order valence-corrected chi connectivity index (χ0v) is 10.4. The Labute approximate surface area is 102 Å². The molecule has 2 aromatic rings. The molecule has 2 aromatic heterocycles. The zero-order valence-electron chi connectivity index (χ0n) is 9.55. The van der Waals surface area contributed by atoms with Gasteiger partial charge >= 0.3 is 5.82 Å². The normalized spacial score (nSPS) is 10.9. The number of thiazole rings is 1. The van der Waals surface area contributed by atoms with E-state index in [1.807, 2.05) is 0 Å². The van der Waals surface area contributed by atoms with Gasteiger partial charge in [0.05, 0.1) is 0 Å². The number of fused-ring (bicyclic) bond motifs is 1. The first-order chi connectivity index (χ1) is 8.24. The molecule has 92 valence electrons. The summed E-state index contributed by atoms with van der Waals surface area (Å²) >= 11 is 1.39. The summed E-state index contributed by atoms with van der Waals surface area (Å²) in [7, 11) is 0. The fourth-order valence-corrected chi connectivity index (χ4v) is 2.36. The highest BCUT2D eigenvalue weighted by Gasteiger charge is 2.22. The van der Waals surface area contributed by atoms with Crippen LogP contribution in [0.15, 0.2) is 11.6 Å². The van der Waals surface area contributed by atoms with E-state index in [4.69, 9.17) is 0 Å². The molecular formula is C10H14N4O2S. The second-order valence-corrected chi connectivity index (χ2v) is 4.60. The lowest BCUT2D eigenvalue weighted by Crippen LogP contribution is -2.04. The van der Waals surface area contributed by atoms with Crippen LogP contribution in [0.4, 0.5) is 11.6 Å². The van der Waals surface area contributed by atoms with Gasteiger partial charge < -0.3 is 15.4 Å².